The molecule has 2 rings (SSSR count). The molecule has 18 heavy (non-hydrogen) atoms. The summed E-state index contributed by atoms with van der Waals surface area (Å²) >= 11 is 0. The number of amidine groups is 1. The molecule has 2 aliphatic heterocycles. The van der Waals surface area contributed by atoms with Crippen LogP contribution in [0.3, 0.4) is 0 Å². The summed E-state index contributed by atoms with van der Waals surface area (Å²) in [5.74, 6) is -0.729. The van der Waals surface area contributed by atoms with Gasteiger partial charge < -0.3 is 15.4 Å². The van der Waals surface area contributed by atoms with Crippen molar-refractivity contribution in [2.75, 3.05) is 6.61 Å². The van der Waals surface area contributed by atoms with Crippen molar-refractivity contribution < 1.29 is 14.3 Å². The molecule has 0 aromatic carbocycles. The summed E-state index contributed by atoms with van der Waals surface area (Å²) in [4.78, 5) is 27.1. The van der Waals surface area contributed by atoms with Crippen LogP contribution in [0.15, 0.2) is 16.4 Å². The molecule has 2 heterocycles. The average Bonchev–Trinajstić information content (AvgIpc) is 2.51. The third kappa shape index (κ3) is 2.17. The fraction of sp³-hybridized carbons (Fsp3) is 0.455. The van der Waals surface area contributed by atoms with Crippen LogP contribution in [-0.2, 0) is 14.3 Å². The van der Waals surface area contributed by atoms with Gasteiger partial charge in [-0.1, -0.05) is 0 Å². The molecule has 1 amide bonds. The molecule has 96 valence electrons. The fourth-order valence-electron chi connectivity index (χ4n) is 1.81. The Morgan fingerprint density at radius 3 is 2.94 bits per heavy atom. The minimum Gasteiger partial charge on any atom is -0.358 e. The molecule has 0 radical (unpaired) electrons. The summed E-state index contributed by atoms with van der Waals surface area (Å²) in [7, 11) is 0. The second-order valence-corrected chi connectivity index (χ2v) is 3.96. The minimum absolute atomic E-state index is 0.0479. The molecule has 7 nitrogen and oxygen atoms in total. The first-order chi connectivity index (χ1) is 8.52. The number of hydrogen-bond donors (Lipinski definition) is 3. The van der Waals surface area contributed by atoms with Crippen molar-refractivity contribution in [1.29, 1.82) is 5.41 Å². The maximum Gasteiger partial charge on any atom is 0.277 e. The van der Waals surface area contributed by atoms with Gasteiger partial charge in [0.05, 0.1) is 5.71 Å². The van der Waals surface area contributed by atoms with E-state index in [4.69, 9.17) is 10.1 Å². The molecule has 0 spiro atoms. The first-order valence-corrected chi connectivity index (χ1v) is 5.64. The largest absolute Gasteiger partial charge is 0.358 e. The second-order valence-electron chi connectivity index (χ2n) is 3.96. The normalized spacial score (nSPS) is 23.0. The molecule has 7 heteroatoms. The monoisotopic (exact) mass is 250 g/mol. The lowest BCUT2D eigenvalue weighted by atomic mass is 10.2. The topological polar surface area (TPSA) is 104 Å². The molecular formula is C11H14N4O3. The molecule has 1 unspecified atom stereocenters. The number of hydrogen-bond acceptors (Lipinski definition) is 6. The Balaban J connectivity index is 2.41. The van der Waals surface area contributed by atoms with Crippen LogP contribution in [0.5, 0.6) is 0 Å². The first kappa shape index (κ1) is 12.4. The van der Waals surface area contributed by atoms with Crippen molar-refractivity contribution in [3.63, 3.8) is 0 Å². The minimum atomic E-state index is -0.474. The number of amides is 1. The molecule has 0 saturated carbocycles. The number of Topliss-reactive ketones (excluding diaryl/α,β-unsaturated/α-hetero) is 1. The highest BCUT2D eigenvalue weighted by atomic mass is 16.5. The Morgan fingerprint density at radius 1 is 1.61 bits per heavy atom. The maximum atomic E-state index is 11.6. The van der Waals surface area contributed by atoms with Gasteiger partial charge in [0, 0.05) is 20.0 Å². The van der Waals surface area contributed by atoms with E-state index in [-0.39, 0.29) is 35.1 Å². The molecule has 2 aliphatic rings. The van der Waals surface area contributed by atoms with Gasteiger partial charge in [-0.2, -0.15) is 0 Å². The van der Waals surface area contributed by atoms with Crippen molar-refractivity contribution in [3.05, 3.63) is 11.4 Å². The molecule has 0 fully saturated rings. The quantitative estimate of drug-likeness (QED) is 0.639. The second kappa shape index (κ2) is 4.69. The predicted molar refractivity (Wildman–Crippen MR) is 64.2 cm³/mol. The lowest BCUT2D eigenvalue weighted by Crippen LogP contribution is -2.37. The van der Waals surface area contributed by atoms with E-state index >= 15 is 0 Å². The molecule has 0 aromatic rings. The highest BCUT2D eigenvalue weighted by Gasteiger charge is 2.33. The van der Waals surface area contributed by atoms with Gasteiger partial charge in [0.25, 0.3) is 5.91 Å². The Hall–Kier alpha value is -2.02. The molecule has 0 bridgehead atoms. The van der Waals surface area contributed by atoms with Crippen LogP contribution in [-0.4, -0.2) is 36.1 Å². The van der Waals surface area contributed by atoms with E-state index in [0.717, 1.165) is 0 Å². The molecule has 0 saturated heterocycles. The number of aliphatic imine (C=N–C) groups is 1. The molecule has 0 aliphatic carbocycles. The van der Waals surface area contributed by atoms with E-state index in [0.29, 0.717) is 6.61 Å². The number of nitrogens with zero attached hydrogens (tertiary/aromatic N) is 1. The number of carbonyl (C=O) groups is 2. The van der Waals surface area contributed by atoms with Crippen LogP contribution in [0.1, 0.15) is 20.3 Å². The summed E-state index contributed by atoms with van der Waals surface area (Å²) in [5, 5.41) is 12.9. The predicted octanol–water partition coefficient (Wildman–Crippen LogP) is -0.309. The van der Waals surface area contributed by atoms with E-state index in [1.165, 1.54) is 6.92 Å². The van der Waals surface area contributed by atoms with Crippen LogP contribution < -0.4 is 10.6 Å². The highest BCUT2D eigenvalue weighted by molar-refractivity contribution is 6.40. The van der Waals surface area contributed by atoms with Crippen molar-refractivity contribution in [2.45, 2.75) is 26.5 Å². The molecular weight excluding hydrogens is 236 g/mol. The Morgan fingerprint density at radius 2 is 2.33 bits per heavy atom. The number of carbonyl (C=O) groups excluding carboxylic acids is 2. The van der Waals surface area contributed by atoms with E-state index in [1.54, 1.807) is 0 Å². The summed E-state index contributed by atoms with van der Waals surface area (Å²) in [5.41, 5.74) is 0.637. The maximum absolute atomic E-state index is 11.6. The van der Waals surface area contributed by atoms with E-state index in [2.05, 4.69) is 15.6 Å². The van der Waals surface area contributed by atoms with Gasteiger partial charge in [-0.15, -0.1) is 0 Å². The summed E-state index contributed by atoms with van der Waals surface area (Å²) in [6.45, 7) is 3.68. The molecule has 0 aromatic heterocycles. The summed E-state index contributed by atoms with van der Waals surface area (Å²) < 4.78 is 5.42. The number of ketones is 1. The van der Waals surface area contributed by atoms with Crippen molar-refractivity contribution >= 4 is 23.2 Å². The summed E-state index contributed by atoms with van der Waals surface area (Å²) in [6, 6.07) is 0. The zero-order valence-electron chi connectivity index (χ0n) is 10.2. The van der Waals surface area contributed by atoms with E-state index in [1.807, 2.05) is 6.92 Å². The van der Waals surface area contributed by atoms with Crippen LogP contribution in [0.4, 0.5) is 0 Å². The summed E-state index contributed by atoms with van der Waals surface area (Å²) in [6.07, 6.45) is -0.185. The molecule has 3 N–H and O–H groups in total. The van der Waals surface area contributed by atoms with Gasteiger partial charge in [0.2, 0.25) is 0 Å². The smallest absolute Gasteiger partial charge is 0.277 e. The SMILES string of the molecule is CCOC1CC(C(C)=O)=NC2=C(N1)C(=N)NC2=O. The third-order valence-corrected chi connectivity index (χ3v) is 2.65. The average molecular weight is 250 g/mol. The standard InChI is InChI=1S/C11H14N4O3/c1-3-18-7-4-6(5(2)16)13-9-8(14-7)10(12)15-11(9)17/h7,14H,3-4H2,1-2H3,(H2,12,15,17). The third-order valence-electron chi connectivity index (χ3n) is 2.65. The van der Waals surface area contributed by atoms with Crippen molar-refractivity contribution in [1.82, 2.24) is 10.6 Å². The Bertz CT molecular complexity index is 493. The Kier molecular flexibility index (Phi) is 3.24. The zero-order chi connectivity index (χ0) is 13.3. The molecule has 1 atom stereocenters. The van der Waals surface area contributed by atoms with Crippen LogP contribution >= 0.6 is 0 Å². The van der Waals surface area contributed by atoms with Gasteiger partial charge >= 0.3 is 0 Å². The lowest BCUT2D eigenvalue weighted by molar-refractivity contribution is -0.115. The van der Waals surface area contributed by atoms with Crippen LogP contribution in [0.25, 0.3) is 0 Å². The highest BCUT2D eigenvalue weighted by Crippen LogP contribution is 2.18. The van der Waals surface area contributed by atoms with Crippen molar-refractivity contribution in [3.8, 4) is 0 Å². The fourth-order valence-corrected chi connectivity index (χ4v) is 1.81. The van der Waals surface area contributed by atoms with Crippen LogP contribution in [0.2, 0.25) is 0 Å². The van der Waals surface area contributed by atoms with Crippen molar-refractivity contribution in [2.24, 2.45) is 4.99 Å². The lowest BCUT2D eigenvalue weighted by Gasteiger charge is -2.18. The van der Waals surface area contributed by atoms with Gasteiger partial charge in [-0.05, 0) is 6.92 Å². The van der Waals surface area contributed by atoms with Gasteiger partial charge in [0.15, 0.2) is 17.3 Å². The first-order valence-electron chi connectivity index (χ1n) is 5.64. The van der Waals surface area contributed by atoms with Gasteiger partial charge in [-0.25, -0.2) is 4.99 Å². The van der Waals surface area contributed by atoms with E-state index in [9.17, 15) is 9.59 Å². The number of nitrogens with one attached hydrogen (secondary N) is 3. The van der Waals surface area contributed by atoms with Gasteiger partial charge in [0.1, 0.15) is 11.9 Å². The number of rotatable bonds is 3. The Labute approximate surface area is 104 Å². The van der Waals surface area contributed by atoms with Gasteiger partial charge in [-0.3, -0.25) is 15.0 Å². The zero-order valence-corrected chi connectivity index (χ0v) is 10.2. The van der Waals surface area contributed by atoms with E-state index < -0.39 is 12.1 Å². The van der Waals surface area contributed by atoms with Crippen LogP contribution in [0, 0.1) is 5.41 Å². The number of ether oxygens (including phenoxy) is 1.